The standard InChI is InChI=1S/C16H21N3O3/c1-2-8-21-11-13-3-4-14-15(13)22-9-7-19(14)16(20)12-5-6-17-18-10-12/h2,5-6,10,13-15H,1,3-4,7-9,11H2/t13?,14-,15-/m1/s1. The minimum Gasteiger partial charge on any atom is -0.377 e. The lowest BCUT2D eigenvalue weighted by atomic mass is 10.0. The van der Waals surface area contributed by atoms with Crippen LogP contribution in [0.5, 0.6) is 0 Å². The molecule has 0 aromatic carbocycles. The minimum atomic E-state index is 0.0147. The van der Waals surface area contributed by atoms with Gasteiger partial charge in [0, 0.05) is 12.5 Å². The molecule has 2 aliphatic rings. The number of hydrogen-bond donors (Lipinski definition) is 0. The Bertz CT molecular complexity index is 523. The van der Waals surface area contributed by atoms with E-state index in [0.717, 1.165) is 12.8 Å². The fourth-order valence-corrected chi connectivity index (χ4v) is 3.38. The van der Waals surface area contributed by atoms with Crippen molar-refractivity contribution in [3.63, 3.8) is 0 Å². The van der Waals surface area contributed by atoms with E-state index in [0.29, 0.717) is 37.8 Å². The van der Waals surface area contributed by atoms with Gasteiger partial charge in [-0.25, -0.2) is 0 Å². The molecule has 0 bridgehead atoms. The highest BCUT2D eigenvalue weighted by Gasteiger charge is 2.44. The maximum Gasteiger partial charge on any atom is 0.255 e. The molecule has 3 rings (SSSR count). The second-order valence-corrected chi connectivity index (χ2v) is 5.70. The monoisotopic (exact) mass is 303 g/mol. The van der Waals surface area contributed by atoms with Crippen molar-refractivity contribution in [2.24, 2.45) is 5.92 Å². The van der Waals surface area contributed by atoms with Crippen molar-refractivity contribution in [2.45, 2.75) is 25.0 Å². The molecule has 1 saturated carbocycles. The summed E-state index contributed by atoms with van der Waals surface area (Å²) in [4.78, 5) is 14.6. The van der Waals surface area contributed by atoms with Gasteiger partial charge in [-0.1, -0.05) is 6.08 Å². The van der Waals surface area contributed by atoms with E-state index in [9.17, 15) is 4.79 Å². The van der Waals surface area contributed by atoms with E-state index < -0.39 is 0 Å². The zero-order valence-electron chi connectivity index (χ0n) is 12.6. The van der Waals surface area contributed by atoms with Gasteiger partial charge < -0.3 is 14.4 Å². The van der Waals surface area contributed by atoms with Crippen molar-refractivity contribution in [2.75, 3.05) is 26.4 Å². The number of ether oxygens (including phenoxy) is 2. The molecule has 1 aromatic rings. The average Bonchev–Trinajstić information content (AvgIpc) is 2.98. The molecule has 0 N–H and O–H groups in total. The van der Waals surface area contributed by atoms with Crippen molar-refractivity contribution in [3.8, 4) is 0 Å². The van der Waals surface area contributed by atoms with Gasteiger partial charge in [0.1, 0.15) is 0 Å². The number of amides is 1. The highest BCUT2D eigenvalue weighted by molar-refractivity contribution is 5.94. The molecule has 1 unspecified atom stereocenters. The number of morpholine rings is 1. The smallest absolute Gasteiger partial charge is 0.255 e. The van der Waals surface area contributed by atoms with E-state index in [1.807, 2.05) is 4.90 Å². The third-order valence-electron chi connectivity index (χ3n) is 4.38. The quantitative estimate of drug-likeness (QED) is 0.606. The summed E-state index contributed by atoms with van der Waals surface area (Å²) in [6.07, 6.45) is 6.86. The van der Waals surface area contributed by atoms with Gasteiger partial charge >= 0.3 is 0 Å². The molecule has 1 saturated heterocycles. The second kappa shape index (κ2) is 6.98. The van der Waals surface area contributed by atoms with Crippen LogP contribution in [0.4, 0.5) is 0 Å². The van der Waals surface area contributed by atoms with Gasteiger partial charge in [0.25, 0.3) is 5.91 Å². The summed E-state index contributed by atoms with van der Waals surface area (Å²) in [5.74, 6) is 0.358. The molecule has 1 aliphatic heterocycles. The molecule has 2 heterocycles. The summed E-state index contributed by atoms with van der Waals surface area (Å²) in [6.45, 7) is 6.07. The molecule has 1 amide bonds. The molecule has 0 spiro atoms. The van der Waals surface area contributed by atoms with Gasteiger partial charge in [-0.2, -0.15) is 10.2 Å². The van der Waals surface area contributed by atoms with Crippen LogP contribution in [0.25, 0.3) is 0 Å². The first kappa shape index (κ1) is 15.1. The first-order valence-corrected chi connectivity index (χ1v) is 7.69. The zero-order chi connectivity index (χ0) is 15.4. The van der Waals surface area contributed by atoms with Crippen LogP contribution < -0.4 is 0 Å². The Kier molecular flexibility index (Phi) is 4.80. The van der Waals surface area contributed by atoms with Crippen molar-refractivity contribution >= 4 is 5.91 Å². The van der Waals surface area contributed by atoms with Crippen LogP contribution in [0.2, 0.25) is 0 Å². The van der Waals surface area contributed by atoms with E-state index in [4.69, 9.17) is 9.47 Å². The number of fused-ring (bicyclic) bond motifs is 1. The van der Waals surface area contributed by atoms with E-state index in [-0.39, 0.29) is 18.1 Å². The molecular formula is C16H21N3O3. The summed E-state index contributed by atoms with van der Waals surface area (Å²) in [7, 11) is 0. The third-order valence-corrected chi connectivity index (χ3v) is 4.38. The Labute approximate surface area is 130 Å². The largest absolute Gasteiger partial charge is 0.377 e. The SMILES string of the molecule is C=CCOCC1CC[C@@H]2[C@@H]1OCCN2C(=O)c1ccnnc1. The van der Waals surface area contributed by atoms with Crippen LogP contribution in [-0.2, 0) is 9.47 Å². The lowest BCUT2D eigenvalue weighted by Crippen LogP contribution is -2.53. The van der Waals surface area contributed by atoms with Gasteiger partial charge in [0.2, 0.25) is 0 Å². The van der Waals surface area contributed by atoms with Crippen LogP contribution in [-0.4, -0.2) is 59.5 Å². The maximum absolute atomic E-state index is 12.7. The number of rotatable bonds is 5. The summed E-state index contributed by atoms with van der Waals surface area (Å²) >= 11 is 0. The highest BCUT2D eigenvalue weighted by Crippen LogP contribution is 2.35. The van der Waals surface area contributed by atoms with Crippen LogP contribution in [0, 0.1) is 5.92 Å². The van der Waals surface area contributed by atoms with E-state index in [1.165, 1.54) is 6.20 Å². The van der Waals surface area contributed by atoms with Crippen molar-refractivity contribution < 1.29 is 14.3 Å². The first-order chi connectivity index (χ1) is 10.8. The average molecular weight is 303 g/mol. The number of nitrogens with zero attached hydrogens (tertiary/aromatic N) is 3. The Morgan fingerprint density at radius 3 is 3.18 bits per heavy atom. The van der Waals surface area contributed by atoms with Crippen LogP contribution in [0.1, 0.15) is 23.2 Å². The van der Waals surface area contributed by atoms with Gasteiger partial charge in [-0.3, -0.25) is 4.79 Å². The molecule has 2 fully saturated rings. The summed E-state index contributed by atoms with van der Waals surface area (Å²) in [6, 6.07) is 1.84. The fraction of sp³-hybridized carbons (Fsp3) is 0.562. The third kappa shape index (κ3) is 3.03. The molecule has 6 nitrogen and oxygen atoms in total. The molecule has 1 aromatic heterocycles. The highest BCUT2D eigenvalue weighted by atomic mass is 16.5. The number of hydrogen-bond acceptors (Lipinski definition) is 5. The summed E-state index contributed by atoms with van der Waals surface area (Å²) < 4.78 is 11.5. The van der Waals surface area contributed by atoms with Crippen LogP contribution in [0.15, 0.2) is 31.1 Å². The number of carbonyl (C=O) groups excluding carboxylic acids is 1. The van der Waals surface area contributed by atoms with Crippen LogP contribution >= 0.6 is 0 Å². The topological polar surface area (TPSA) is 64.6 Å². The van der Waals surface area contributed by atoms with Gasteiger partial charge in [0.15, 0.2) is 0 Å². The lowest BCUT2D eigenvalue weighted by Gasteiger charge is -2.39. The second-order valence-electron chi connectivity index (χ2n) is 5.70. The molecule has 0 radical (unpaired) electrons. The zero-order valence-corrected chi connectivity index (χ0v) is 12.6. The van der Waals surface area contributed by atoms with E-state index in [2.05, 4.69) is 16.8 Å². The predicted molar refractivity (Wildman–Crippen MR) is 80.3 cm³/mol. The maximum atomic E-state index is 12.7. The molecule has 118 valence electrons. The minimum absolute atomic E-state index is 0.0147. The Morgan fingerprint density at radius 1 is 1.50 bits per heavy atom. The van der Waals surface area contributed by atoms with Crippen molar-refractivity contribution in [3.05, 3.63) is 36.7 Å². The Morgan fingerprint density at radius 2 is 2.41 bits per heavy atom. The van der Waals surface area contributed by atoms with Crippen molar-refractivity contribution in [1.82, 2.24) is 15.1 Å². The molecule has 22 heavy (non-hydrogen) atoms. The summed E-state index contributed by atoms with van der Waals surface area (Å²) in [5, 5.41) is 7.52. The lowest BCUT2D eigenvalue weighted by molar-refractivity contribution is -0.0738. The molecule has 6 heteroatoms. The molecule has 1 aliphatic carbocycles. The Hall–Kier alpha value is -1.79. The van der Waals surface area contributed by atoms with Crippen molar-refractivity contribution in [1.29, 1.82) is 0 Å². The molecular weight excluding hydrogens is 282 g/mol. The van der Waals surface area contributed by atoms with Gasteiger partial charge in [0.05, 0.1) is 49.9 Å². The predicted octanol–water partition coefficient (Wildman–Crippen LogP) is 1.30. The van der Waals surface area contributed by atoms with Gasteiger partial charge in [-0.15, -0.1) is 6.58 Å². The van der Waals surface area contributed by atoms with Gasteiger partial charge in [-0.05, 0) is 18.9 Å². The first-order valence-electron chi connectivity index (χ1n) is 7.69. The molecule has 3 atom stereocenters. The van der Waals surface area contributed by atoms with E-state index >= 15 is 0 Å². The normalized spacial score (nSPS) is 27.5. The van der Waals surface area contributed by atoms with E-state index in [1.54, 1.807) is 18.3 Å². The summed E-state index contributed by atoms with van der Waals surface area (Å²) in [5.41, 5.74) is 0.585. The Balaban J connectivity index is 1.67. The fourth-order valence-electron chi connectivity index (χ4n) is 3.38. The number of aromatic nitrogens is 2. The number of carbonyl (C=O) groups is 1. The van der Waals surface area contributed by atoms with Crippen LogP contribution in [0.3, 0.4) is 0 Å².